The topological polar surface area (TPSA) is 37.0 Å². The molecule has 2 atom stereocenters. The summed E-state index contributed by atoms with van der Waals surface area (Å²) in [6.45, 7) is 4.10. The highest BCUT2D eigenvalue weighted by Gasteiger charge is 2.19. The van der Waals surface area contributed by atoms with Gasteiger partial charge < -0.3 is 5.32 Å². The van der Waals surface area contributed by atoms with Crippen LogP contribution >= 0.6 is 0 Å². The Balaban J connectivity index is 2.02. The number of unbranched alkanes of at least 4 members (excludes halogenated alkanes) is 1. The Hall–Kier alpha value is -1.37. The summed E-state index contributed by atoms with van der Waals surface area (Å²) in [6.07, 6.45) is 5.02. The minimum Gasteiger partial charge on any atom is -0.315 e. The lowest BCUT2D eigenvalue weighted by atomic mass is 10.1. The predicted octanol–water partition coefficient (Wildman–Crippen LogP) is 1.88. The summed E-state index contributed by atoms with van der Waals surface area (Å²) in [6, 6.07) is 6.59. The van der Waals surface area contributed by atoms with Crippen LogP contribution in [0.15, 0.2) is 24.4 Å². The average Bonchev–Trinajstić information content (AvgIpc) is 2.66. The van der Waals surface area contributed by atoms with Crippen molar-refractivity contribution >= 4 is 0 Å². The first-order valence-electron chi connectivity index (χ1n) is 6.76. The van der Waals surface area contributed by atoms with Gasteiger partial charge in [-0.3, -0.25) is 10.3 Å². The molecule has 1 aromatic heterocycles. The largest absolute Gasteiger partial charge is 0.315 e. The molecule has 96 valence electrons. The van der Waals surface area contributed by atoms with Crippen LogP contribution in [0.2, 0.25) is 0 Å². The number of rotatable bonds is 2. The van der Waals surface area contributed by atoms with Gasteiger partial charge in [-0.15, -0.1) is 5.92 Å². The number of nitrogens with one attached hydrogen (secondary N) is 2. The third kappa shape index (κ3) is 3.83. The van der Waals surface area contributed by atoms with Gasteiger partial charge in [-0.05, 0) is 31.5 Å². The van der Waals surface area contributed by atoms with Crippen molar-refractivity contribution in [2.75, 3.05) is 13.1 Å². The van der Waals surface area contributed by atoms with Gasteiger partial charge in [-0.2, -0.15) is 0 Å². The second-order valence-corrected chi connectivity index (χ2v) is 4.59. The van der Waals surface area contributed by atoms with E-state index in [0.717, 1.165) is 38.0 Å². The SMILES string of the molecule is CCCC#CC1CCNCC(c2ccccn2)N1. The van der Waals surface area contributed by atoms with Crippen molar-refractivity contribution in [2.24, 2.45) is 0 Å². The fraction of sp³-hybridized carbons (Fsp3) is 0.533. The van der Waals surface area contributed by atoms with E-state index in [1.54, 1.807) is 0 Å². The summed E-state index contributed by atoms with van der Waals surface area (Å²) in [5.74, 6) is 6.58. The summed E-state index contributed by atoms with van der Waals surface area (Å²) in [7, 11) is 0. The van der Waals surface area contributed by atoms with E-state index in [0.29, 0.717) is 0 Å². The third-order valence-corrected chi connectivity index (χ3v) is 3.06. The molecule has 0 radical (unpaired) electrons. The number of pyridine rings is 1. The smallest absolute Gasteiger partial charge is 0.0707 e. The van der Waals surface area contributed by atoms with Crippen LogP contribution in [0.25, 0.3) is 0 Å². The maximum Gasteiger partial charge on any atom is 0.0707 e. The fourth-order valence-electron chi connectivity index (χ4n) is 2.08. The van der Waals surface area contributed by atoms with E-state index in [1.807, 2.05) is 18.3 Å². The van der Waals surface area contributed by atoms with Crippen LogP contribution in [0.4, 0.5) is 0 Å². The van der Waals surface area contributed by atoms with Crippen LogP contribution < -0.4 is 10.6 Å². The molecule has 3 heteroatoms. The molecule has 1 aliphatic heterocycles. The molecular weight excluding hydrogens is 222 g/mol. The van der Waals surface area contributed by atoms with E-state index in [1.165, 1.54) is 0 Å². The summed E-state index contributed by atoms with van der Waals surface area (Å²) in [5, 5.41) is 7.04. The van der Waals surface area contributed by atoms with E-state index >= 15 is 0 Å². The summed E-state index contributed by atoms with van der Waals surface area (Å²) in [5.41, 5.74) is 1.09. The van der Waals surface area contributed by atoms with Crippen LogP contribution in [-0.4, -0.2) is 24.1 Å². The van der Waals surface area contributed by atoms with Gasteiger partial charge >= 0.3 is 0 Å². The lowest BCUT2D eigenvalue weighted by molar-refractivity contribution is 0.504. The summed E-state index contributed by atoms with van der Waals surface area (Å²) < 4.78 is 0. The lowest BCUT2D eigenvalue weighted by Crippen LogP contribution is -2.33. The van der Waals surface area contributed by atoms with Gasteiger partial charge in [0, 0.05) is 19.2 Å². The molecule has 0 spiro atoms. The molecule has 1 fully saturated rings. The number of aromatic nitrogens is 1. The van der Waals surface area contributed by atoms with Crippen molar-refractivity contribution in [3.63, 3.8) is 0 Å². The first-order valence-corrected chi connectivity index (χ1v) is 6.76. The van der Waals surface area contributed by atoms with Gasteiger partial charge in [0.15, 0.2) is 0 Å². The van der Waals surface area contributed by atoms with Crippen molar-refractivity contribution in [1.82, 2.24) is 15.6 Å². The summed E-state index contributed by atoms with van der Waals surface area (Å²) in [4.78, 5) is 4.42. The van der Waals surface area contributed by atoms with E-state index in [2.05, 4.69) is 40.4 Å². The Labute approximate surface area is 109 Å². The zero-order valence-corrected chi connectivity index (χ0v) is 10.9. The van der Waals surface area contributed by atoms with Crippen LogP contribution in [-0.2, 0) is 0 Å². The van der Waals surface area contributed by atoms with Gasteiger partial charge in [-0.25, -0.2) is 0 Å². The van der Waals surface area contributed by atoms with Crippen molar-refractivity contribution < 1.29 is 0 Å². The van der Waals surface area contributed by atoms with Crippen molar-refractivity contribution in [1.29, 1.82) is 0 Å². The average molecular weight is 243 g/mol. The molecule has 2 rings (SSSR count). The van der Waals surface area contributed by atoms with Crippen molar-refractivity contribution in [2.45, 2.75) is 38.3 Å². The Morgan fingerprint density at radius 1 is 1.44 bits per heavy atom. The predicted molar refractivity (Wildman–Crippen MR) is 74.1 cm³/mol. The third-order valence-electron chi connectivity index (χ3n) is 3.06. The van der Waals surface area contributed by atoms with Crippen molar-refractivity contribution in [3.8, 4) is 11.8 Å². The van der Waals surface area contributed by atoms with E-state index < -0.39 is 0 Å². The molecule has 0 bridgehead atoms. The maximum absolute atomic E-state index is 4.42. The van der Waals surface area contributed by atoms with E-state index in [9.17, 15) is 0 Å². The molecule has 0 amide bonds. The molecule has 1 aromatic rings. The molecule has 0 saturated carbocycles. The highest BCUT2D eigenvalue weighted by Crippen LogP contribution is 2.12. The highest BCUT2D eigenvalue weighted by molar-refractivity contribution is 5.14. The fourth-order valence-corrected chi connectivity index (χ4v) is 2.08. The first-order chi connectivity index (χ1) is 8.90. The Bertz CT molecular complexity index is 405. The molecule has 18 heavy (non-hydrogen) atoms. The molecule has 2 unspecified atom stereocenters. The molecule has 3 nitrogen and oxygen atoms in total. The highest BCUT2D eigenvalue weighted by atomic mass is 15.0. The molecule has 0 aliphatic carbocycles. The van der Waals surface area contributed by atoms with Crippen LogP contribution in [0.5, 0.6) is 0 Å². The minimum absolute atomic E-state index is 0.259. The Morgan fingerprint density at radius 2 is 2.39 bits per heavy atom. The molecule has 0 aromatic carbocycles. The summed E-state index contributed by atoms with van der Waals surface area (Å²) >= 11 is 0. The lowest BCUT2D eigenvalue weighted by Gasteiger charge is -2.18. The number of nitrogens with zero attached hydrogens (tertiary/aromatic N) is 1. The normalized spacial score (nSPS) is 23.8. The van der Waals surface area contributed by atoms with Gasteiger partial charge in [0.1, 0.15) is 0 Å². The Kier molecular flexibility index (Phi) is 5.19. The second kappa shape index (κ2) is 7.15. The zero-order chi connectivity index (χ0) is 12.6. The van der Waals surface area contributed by atoms with Crippen LogP contribution in [0.1, 0.15) is 37.9 Å². The Morgan fingerprint density at radius 3 is 3.17 bits per heavy atom. The van der Waals surface area contributed by atoms with Gasteiger partial charge in [0.25, 0.3) is 0 Å². The minimum atomic E-state index is 0.259. The molecule has 1 aliphatic rings. The molecular formula is C15H21N3. The number of hydrogen-bond acceptors (Lipinski definition) is 3. The standard InChI is InChI=1S/C15H21N3/c1-2-3-4-7-13-9-11-16-12-15(18-13)14-8-5-6-10-17-14/h5-6,8,10,13,15-16,18H,2-3,9,11-12H2,1H3. The van der Waals surface area contributed by atoms with E-state index in [-0.39, 0.29) is 12.1 Å². The monoisotopic (exact) mass is 243 g/mol. The zero-order valence-electron chi connectivity index (χ0n) is 10.9. The van der Waals surface area contributed by atoms with Gasteiger partial charge in [0.2, 0.25) is 0 Å². The quantitative estimate of drug-likeness (QED) is 0.779. The first kappa shape index (κ1) is 13.1. The second-order valence-electron chi connectivity index (χ2n) is 4.59. The molecule has 1 saturated heterocycles. The maximum atomic E-state index is 4.42. The van der Waals surface area contributed by atoms with E-state index in [4.69, 9.17) is 0 Å². The molecule has 2 heterocycles. The molecule has 2 N–H and O–H groups in total. The van der Waals surface area contributed by atoms with Gasteiger partial charge in [-0.1, -0.05) is 18.9 Å². The van der Waals surface area contributed by atoms with Crippen LogP contribution in [0, 0.1) is 11.8 Å². The number of hydrogen-bond donors (Lipinski definition) is 2. The van der Waals surface area contributed by atoms with Crippen LogP contribution in [0.3, 0.4) is 0 Å². The van der Waals surface area contributed by atoms with Crippen molar-refractivity contribution in [3.05, 3.63) is 30.1 Å². The van der Waals surface area contributed by atoms with Gasteiger partial charge in [0.05, 0.1) is 17.8 Å².